The number of benzene rings is 1. The van der Waals surface area contributed by atoms with Crippen molar-refractivity contribution < 1.29 is 36.2 Å². The molecule has 0 aliphatic carbocycles. The lowest BCUT2D eigenvalue weighted by Crippen LogP contribution is -2.44. The molecule has 0 saturated heterocycles. The van der Waals surface area contributed by atoms with E-state index in [9.17, 15) is 41.0 Å². The molecular formula is C22H20F6N4O3. The number of nitrogens with one attached hydrogen (secondary N) is 1. The average Bonchev–Trinajstić information content (AvgIpc) is 2.73. The summed E-state index contributed by atoms with van der Waals surface area (Å²) in [5, 5.41) is 10.9. The van der Waals surface area contributed by atoms with E-state index in [4.69, 9.17) is 0 Å². The fraction of sp³-hybridized carbons (Fsp3) is 0.318. The summed E-state index contributed by atoms with van der Waals surface area (Å²) in [6, 6.07) is 0.896. The SMILES string of the molecule is C[C@H](NC(=O)c1cn(-c2c(F)cc(F)cc2F)c2nc(N(C)C[C@@H](C)O)ccc2c1=O)C(F)(F)F. The Morgan fingerprint density at radius 3 is 2.31 bits per heavy atom. The van der Waals surface area contributed by atoms with Gasteiger partial charge in [0.25, 0.3) is 5.91 Å². The van der Waals surface area contributed by atoms with E-state index in [1.54, 1.807) is 12.4 Å². The van der Waals surface area contributed by atoms with Crippen molar-refractivity contribution in [1.29, 1.82) is 0 Å². The van der Waals surface area contributed by atoms with Gasteiger partial charge in [-0.25, -0.2) is 18.2 Å². The van der Waals surface area contributed by atoms with Crippen LogP contribution in [0.2, 0.25) is 0 Å². The number of halogens is 6. The second kappa shape index (κ2) is 9.56. The summed E-state index contributed by atoms with van der Waals surface area (Å²) in [5.41, 5.74) is -3.14. The zero-order chi connectivity index (χ0) is 26.2. The molecule has 1 aromatic carbocycles. The van der Waals surface area contributed by atoms with Crippen LogP contribution in [-0.4, -0.2) is 52.5 Å². The number of likely N-dealkylation sites (N-methyl/N-ethyl adjacent to an activating group) is 1. The first kappa shape index (κ1) is 26.0. The number of aliphatic hydroxyl groups is 1. The van der Waals surface area contributed by atoms with Crippen molar-refractivity contribution in [3.8, 4) is 5.69 Å². The number of amides is 1. The Labute approximate surface area is 194 Å². The summed E-state index contributed by atoms with van der Waals surface area (Å²) in [4.78, 5) is 31.2. The highest BCUT2D eigenvalue weighted by atomic mass is 19.4. The maximum Gasteiger partial charge on any atom is 0.408 e. The Morgan fingerprint density at radius 2 is 1.77 bits per heavy atom. The van der Waals surface area contributed by atoms with Crippen LogP contribution in [0, 0.1) is 17.5 Å². The second-order valence-corrected chi connectivity index (χ2v) is 7.97. The van der Waals surface area contributed by atoms with Gasteiger partial charge in [-0.3, -0.25) is 14.2 Å². The van der Waals surface area contributed by atoms with Gasteiger partial charge in [0.15, 0.2) is 17.3 Å². The molecule has 7 nitrogen and oxygen atoms in total. The highest BCUT2D eigenvalue weighted by Crippen LogP contribution is 2.25. The van der Waals surface area contributed by atoms with Gasteiger partial charge in [-0.15, -0.1) is 0 Å². The fourth-order valence-corrected chi connectivity index (χ4v) is 3.35. The van der Waals surface area contributed by atoms with Gasteiger partial charge in [-0.1, -0.05) is 0 Å². The largest absolute Gasteiger partial charge is 0.408 e. The predicted molar refractivity (Wildman–Crippen MR) is 115 cm³/mol. The Morgan fingerprint density at radius 1 is 1.17 bits per heavy atom. The highest BCUT2D eigenvalue weighted by Gasteiger charge is 2.37. The molecule has 2 heterocycles. The van der Waals surface area contributed by atoms with Crippen molar-refractivity contribution >= 4 is 22.8 Å². The first-order valence-corrected chi connectivity index (χ1v) is 10.2. The van der Waals surface area contributed by atoms with E-state index in [0.717, 1.165) is 0 Å². The first-order valence-electron chi connectivity index (χ1n) is 10.2. The van der Waals surface area contributed by atoms with E-state index in [0.29, 0.717) is 29.8 Å². The minimum atomic E-state index is -4.81. The third kappa shape index (κ3) is 5.39. The van der Waals surface area contributed by atoms with Gasteiger partial charge in [0.1, 0.15) is 28.9 Å². The zero-order valence-corrected chi connectivity index (χ0v) is 18.6. The molecule has 0 spiro atoms. The lowest BCUT2D eigenvalue weighted by molar-refractivity contribution is -0.149. The van der Waals surface area contributed by atoms with Crippen LogP contribution in [0.25, 0.3) is 16.7 Å². The standard InChI is InChI=1S/C22H20F6N4O3/c1-10(33)8-31(3)17-5-4-13-19(34)14(21(35)29-11(2)22(26,27)28)9-32(20(13)30-17)18-15(24)6-12(23)7-16(18)25/h4-7,9-11,33H,8H2,1-3H3,(H,29,35)/t10-,11+/m1/s1. The molecule has 188 valence electrons. The van der Waals surface area contributed by atoms with E-state index < -0.39 is 58.4 Å². The van der Waals surface area contributed by atoms with Crippen LogP contribution in [0.4, 0.5) is 32.2 Å². The lowest BCUT2D eigenvalue weighted by atomic mass is 10.1. The normalized spacial score (nSPS) is 13.5. The molecule has 13 heteroatoms. The molecular weight excluding hydrogens is 482 g/mol. The monoisotopic (exact) mass is 502 g/mol. The second-order valence-electron chi connectivity index (χ2n) is 7.97. The lowest BCUT2D eigenvalue weighted by Gasteiger charge is -2.21. The summed E-state index contributed by atoms with van der Waals surface area (Å²) < 4.78 is 82.2. The van der Waals surface area contributed by atoms with Gasteiger partial charge >= 0.3 is 6.18 Å². The van der Waals surface area contributed by atoms with Gasteiger partial charge < -0.3 is 15.3 Å². The zero-order valence-electron chi connectivity index (χ0n) is 18.6. The number of hydrogen-bond acceptors (Lipinski definition) is 5. The van der Waals surface area contributed by atoms with Gasteiger partial charge in [-0.2, -0.15) is 13.2 Å². The van der Waals surface area contributed by atoms with E-state index in [1.807, 2.05) is 0 Å². The number of pyridine rings is 2. The molecule has 0 aliphatic rings. The fourth-order valence-electron chi connectivity index (χ4n) is 3.35. The van der Waals surface area contributed by atoms with E-state index in [2.05, 4.69) is 4.98 Å². The molecule has 0 saturated carbocycles. The average molecular weight is 502 g/mol. The molecule has 35 heavy (non-hydrogen) atoms. The van der Waals surface area contributed by atoms with Crippen LogP contribution < -0.4 is 15.6 Å². The molecule has 0 fully saturated rings. The summed E-state index contributed by atoms with van der Waals surface area (Å²) in [7, 11) is 1.54. The Hall–Kier alpha value is -3.61. The molecule has 0 aliphatic heterocycles. The van der Waals surface area contributed by atoms with E-state index >= 15 is 0 Å². The Balaban J connectivity index is 2.31. The number of aromatic nitrogens is 2. The van der Waals surface area contributed by atoms with Crippen LogP contribution in [0.5, 0.6) is 0 Å². The van der Waals surface area contributed by atoms with Crippen LogP contribution in [0.15, 0.2) is 35.3 Å². The van der Waals surface area contributed by atoms with Crippen molar-refractivity contribution in [2.45, 2.75) is 32.2 Å². The molecule has 0 unspecified atom stereocenters. The summed E-state index contributed by atoms with van der Waals surface area (Å²) in [6.45, 7) is 2.25. The van der Waals surface area contributed by atoms with Crippen molar-refractivity contribution in [2.75, 3.05) is 18.5 Å². The number of carbonyl (C=O) groups is 1. The van der Waals surface area contributed by atoms with E-state index in [-0.39, 0.29) is 23.4 Å². The number of aliphatic hydroxyl groups excluding tert-OH is 1. The van der Waals surface area contributed by atoms with Crippen molar-refractivity contribution in [3.63, 3.8) is 0 Å². The van der Waals surface area contributed by atoms with Gasteiger partial charge in [0, 0.05) is 31.9 Å². The van der Waals surface area contributed by atoms with Crippen molar-refractivity contribution in [2.24, 2.45) is 0 Å². The van der Waals surface area contributed by atoms with E-state index in [1.165, 1.54) is 24.0 Å². The Bertz CT molecular complexity index is 1320. The van der Waals surface area contributed by atoms with Crippen LogP contribution in [0.3, 0.4) is 0 Å². The number of rotatable bonds is 6. The van der Waals surface area contributed by atoms with Gasteiger partial charge in [-0.05, 0) is 26.0 Å². The summed E-state index contributed by atoms with van der Waals surface area (Å²) in [6.07, 6.45) is -4.95. The third-order valence-electron chi connectivity index (χ3n) is 5.07. The summed E-state index contributed by atoms with van der Waals surface area (Å²) in [5.74, 6) is -5.33. The number of carbonyl (C=O) groups excluding carboxylic acids is 1. The quantitative estimate of drug-likeness (QED) is 0.506. The molecule has 2 N–H and O–H groups in total. The van der Waals surface area contributed by atoms with Gasteiger partial charge in [0.05, 0.1) is 11.5 Å². The van der Waals surface area contributed by atoms with Crippen molar-refractivity contribution in [3.05, 3.63) is 63.7 Å². The molecule has 2 atom stereocenters. The molecule has 0 radical (unpaired) electrons. The number of nitrogens with zero attached hydrogens (tertiary/aromatic N) is 3. The minimum absolute atomic E-state index is 0.0951. The molecule has 0 bridgehead atoms. The number of fused-ring (bicyclic) bond motifs is 1. The highest BCUT2D eigenvalue weighted by molar-refractivity contribution is 5.97. The molecule has 3 rings (SSSR count). The maximum atomic E-state index is 14.7. The molecule has 3 aromatic rings. The van der Waals surface area contributed by atoms with Gasteiger partial charge in [0.2, 0.25) is 5.43 Å². The van der Waals surface area contributed by atoms with Crippen LogP contribution in [-0.2, 0) is 0 Å². The van der Waals surface area contributed by atoms with Crippen molar-refractivity contribution in [1.82, 2.24) is 14.9 Å². The van der Waals surface area contributed by atoms with Crippen LogP contribution >= 0.6 is 0 Å². The number of alkyl halides is 3. The smallest absolute Gasteiger partial charge is 0.392 e. The molecule has 2 aromatic heterocycles. The third-order valence-corrected chi connectivity index (χ3v) is 5.07. The Kier molecular flexibility index (Phi) is 7.11. The predicted octanol–water partition coefficient (Wildman–Crippen LogP) is 3.30. The minimum Gasteiger partial charge on any atom is -0.392 e. The first-order chi connectivity index (χ1) is 16.2. The molecule has 1 amide bonds. The topological polar surface area (TPSA) is 87.5 Å². The summed E-state index contributed by atoms with van der Waals surface area (Å²) >= 11 is 0. The number of anilines is 1. The number of hydrogen-bond donors (Lipinski definition) is 2. The maximum absolute atomic E-state index is 14.7. The van der Waals surface area contributed by atoms with Crippen LogP contribution in [0.1, 0.15) is 24.2 Å².